The summed E-state index contributed by atoms with van der Waals surface area (Å²) in [4.78, 5) is 6.42. The summed E-state index contributed by atoms with van der Waals surface area (Å²) in [6.45, 7) is 9.56. The summed E-state index contributed by atoms with van der Waals surface area (Å²) in [6.07, 6.45) is 2.35. The molecule has 0 aromatic carbocycles. The molecule has 0 spiro atoms. The molecule has 1 aliphatic rings. The van der Waals surface area contributed by atoms with E-state index in [0.29, 0.717) is 5.92 Å². The minimum atomic E-state index is 0.410. The average molecular weight is 375 g/mol. The van der Waals surface area contributed by atoms with Crippen molar-refractivity contribution in [2.45, 2.75) is 46.1 Å². The van der Waals surface area contributed by atoms with Crippen molar-refractivity contribution in [1.29, 1.82) is 0 Å². The van der Waals surface area contributed by atoms with Crippen LogP contribution >= 0.6 is 22.9 Å². The van der Waals surface area contributed by atoms with Crippen LogP contribution in [0.3, 0.4) is 0 Å². The topological polar surface area (TPSA) is 55.1 Å². The van der Waals surface area contributed by atoms with Crippen LogP contribution in [0.4, 0.5) is 0 Å². The summed E-state index contributed by atoms with van der Waals surface area (Å²) in [5.74, 6) is 1.21. The van der Waals surface area contributed by atoms with Gasteiger partial charge in [-0.2, -0.15) is 0 Å². The molecule has 0 N–H and O–H groups in total. The van der Waals surface area contributed by atoms with Gasteiger partial charge in [0, 0.05) is 34.8 Å². The molecule has 1 aliphatic heterocycles. The minimum Gasteiger partial charge on any atom is -0.355 e. The van der Waals surface area contributed by atoms with Gasteiger partial charge in [-0.05, 0) is 63.3 Å². The van der Waals surface area contributed by atoms with Gasteiger partial charge in [-0.1, -0.05) is 9.64 Å². The Balaban J connectivity index is 1.52. The second kappa shape index (κ2) is 6.97. The quantitative estimate of drug-likeness (QED) is 0.670. The van der Waals surface area contributed by atoms with Gasteiger partial charge in [0.15, 0.2) is 5.76 Å². The van der Waals surface area contributed by atoms with E-state index in [4.69, 9.17) is 4.52 Å². The van der Waals surface area contributed by atoms with Crippen LogP contribution in [0.2, 0.25) is 0 Å². The SMILES string of the molecule is Cc1cc(-c2snnc2C2CCCN(Cc3cc(C)sc3C)C2)on1. The van der Waals surface area contributed by atoms with Crippen molar-refractivity contribution in [3.05, 3.63) is 38.8 Å². The number of hydrogen-bond donors (Lipinski definition) is 0. The maximum Gasteiger partial charge on any atom is 0.180 e. The minimum absolute atomic E-state index is 0.410. The van der Waals surface area contributed by atoms with Gasteiger partial charge >= 0.3 is 0 Å². The second-order valence-corrected chi connectivity index (χ2v) is 9.05. The van der Waals surface area contributed by atoms with Crippen LogP contribution in [-0.4, -0.2) is 32.7 Å². The van der Waals surface area contributed by atoms with Gasteiger partial charge in [-0.3, -0.25) is 4.90 Å². The first kappa shape index (κ1) is 16.9. The van der Waals surface area contributed by atoms with Crippen molar-refractivity contribution < 1.29 is 4.52 Å². The molecule has 7 heteroatoms. The molecule has 4 rings (SSSR count). The van der Waals surface area contributed by atoms with Crippen LogP contribution in [0.5, 0.6) is 0 Å². The lowest BCUT2D eigenvalue weighted by Gasteiger charge is -2.32. The Bertz CT molecular complexity index is 866. The average Bonchev–Trinajstić information content (AvgIpc) is 3.28. The van der Waals surface area contributed by atoms with E-state index in [2.05, 4.69) is 39.6 Å². The molecule has 1 saturated heterocycles. The number of rotatable bonds is 4. The summed E-state index contributed by atoms with van der Waals surface area (Å²) in [5.41, 5.74) is 3.43. The first-order chi connectivity index (χ1) is 12.1. The lowest BCUT2D eigenvalue weighted by Crippen LogP contribution is -2.34. The lowest BCUT2D eigenvalue weighted by molar-refractivity contribution is 0.198. The van der Waals surface area contributed by atoms with Gasteiger partial charge in [-0.25, -0.2) is 0 Å². The van der Waals surface area contributed by atoms with E-state index < -0.39 is 0 Å². The van der Waals surface area contributed by atoms with E-state index in [1.54, 1.807) is 0 Å². The molecule has 3 aromatic heterocycles. The Morgan fingerprint density at radius 3 is 2.88 bits per heavy atom. The molecular weight excluding hydrogens is 352 g/mol. The first-order valence-electron chi connectivity index (χ1n) is 8.64. The molecule has 1 unspecified atom stereocenters. The van der Waals surface area contributed by atoms with Crippen molar-refractivity contribution in [2.24, 2.45) is 0 Å². The van der Waals surface area contributed by atoms with Crippen molar-refractivity contribution in [3.63, 3.8) is 0 Å². The maximum absolute atomic E-state index is 5.45. The largest absolute Gasteiger partial charge is 0.355 e. The molecule has 0 radical (unpaired) electrons. The fourth-order valence-corrected chi connectivity index (χ4v) is 5.25. The molecule has 0 saturated carbocycles. The number of thiophene rings is 1. The molecule has 25 heavy (non-hydrogen) atoms. The Morgan fingerprint density at radius 1 is 1.28 bits per heavy atom. The standard InChI is InChI=1S/C18H22N4OS2/c1-11-7-16(23-20-11)18-17(19-21-25-18)14-5-4-6-22(9-14)10-15-8-12(2)24-13(15)3/h7-8,14H,4-6,9-10H2,1-3H3. The zero-order valence-electron chi connectivity index (χ0n) is 14.8. The first-order valence-corrected chi connectivity index (χ1v) is 10.2. The van der Waals surface area contributed by atoms with Crippen LogP contribution in [0.1, 0.15) is 45.5 Å². The number of likely N-dealkylation sites (tertiary alicyclic amines) is 1. The van der Waals surface area contributed by atoms with Gasteiger partial charge in [-0.15, -0.1) is 16.4 Å². The van der Waals surface area contributed by atoms with E-state index >= 15 is 0 Å². The van der Waals surface area contributed by atoms with E-state index in [-0.39, 0.29) is 0 Å². The zero-order chi connectivity index (χ0) is 17.4. The monoisotopic (exact) mass is 374 g/mol. The van der Waals surface area contributed by atoms with Crippen LogP contribution in [0, 0.1) is 20.8 Å². The number of hydrogen-bond acceptors (Lipinski definition) is 7. The number of aromatic nitrogens is 3. The van der Waals surface area contributed by atoms with Crippen molar-refractivity contribution in [1.82, 2.24) is 19.6 Å². The van der Waals surface area contributed by atoms with Crippen molar-refractivity contribution >= 4 is 22.9 Å². The van der Waals surface area contributed by atoms with E-state index in [1.807, 2.05) is 24.3 Å². The van der Waals surface area contributed by atoms with Crippen LogP contribution in [0.15, 0.2) is 16.7 Å². The van der Waals surface area contributed by atoms with Gasteiger partial charge in [0.25, 0.3) is 0 Å². The maximum atomic E-state index is 5.45. The Hall–Kier alpha value is -1.57. The summed E-state index contributed by atoms with van der Waals surface area (Å²) in [7, 11) is 0. The van der Waals surface area contributed by atoms with E-state index in [0.717, 1.165) is 48.1 Å². The molecule has 1 fully saturated rings. The Kier molecular flexibility index (Phi) is 4.71. The van der Waals surface area contributed by atoms with Crippen LogP contribution in [0.25, 0.3) is 10.6 Å². The number of nitrogens with zero attached hydrogens (tertiary/aromatic N) is 4. The van der Waals surface area contributed by atoms with Gasteiger partial charge < -0.3 is 4.52 Å². The third-order valence-corrected chi connectivity index (χ3v) is 6.56. The summed E-state index contributed by atoms with van der Waals surface area (Å²) in [5, 5.41) is 8.45. The molecule has 0 amide bonds. The fourth-order valence-electron chi connectivity index (χ4n) is 3.61. The predicted octanol–water partition coefficient (Wildman–Crippen LogP) is 4.56. The van der Waals surface area contributed by atoms with Gasteiger partial charge in [0.2, 0.25) is 0 Å². The normalized spacial score (nSPS) is 18.8. The van der Waals surface area contributed by atoms with E-state index in [9.17, 15) is 0 Å². The van der Waals surface area contributed by atoms with Gasteiger partial charge in [0.1, 0.15) is 4.88 Å². The smallest absolute Gasteiger partial charge is 0.180 e. The highest BCUT2D eigenvalue weighted by molar-refractivity contribution is 7.12. The molecule has 5 nitrogen and oxygen atoms in total. The summed E-state index contributed by atoms with van der Waals surface area (Å²) >= 11 is 3.30. The van der Waals surface area contributed by atoms with E-state index in [1.165, 1.54) is 33.3 Å². The van der Waals surface area contributed by atoms with Crippen LogP contribution in [-0.2, 0) is 6.54 Å². The fraction of sp³-hybridized carbons (Fsp3) is 0.500. The highest BCUT2D eigenvalue weighted by Gasteiger charge is 2.28. The molecule has 0 aliphatic carbocycles. The Morgan fingerprint density at radius 2 is 2.16 bits per heavy atom. The summed E-state index contributed by atoms with van der Waals surface area (Å²) in [6, 6.07) is 4.30. The summed E-state index contributed by atoms with van der Waals surface area (Å²) < 4.78 is 9.65. The lowest BCUT2D eigenvalue weighted by atomic mass is 9.93. The molecule has 3 aromatic rings. The molecule has 132 valence electrons. The molecule has 1 atom stereocenters. The van der Waals surface area contributed by atoms with Gasteiger partial charge in [0.05, 0.1) is 11.4 Å². The number of aryl methyl sites for hydroxylation is 3. The molecule has 0 bridgehead atoms. The van der Waals surface area contributed by atoms with Crippen LogP contribution < -0.4 is 0 Å². The Labute approximate surface area is 155 Å². The van der Waals surface area contributed by atoms with Crippen molar-refractivity contribution in [2.75, 3.05) is 13.1 Å². The third kappa shape index (κ3) is 3.54. The third-order valence-electron chi connectivity index (χ3n) is 4.80. The second-order valence-electron chi connectivity index (χ2n) is 6.83. The number of piperidine rings is 1. The zero-order valence-corrected chi connectivity index (χ0v) is 16.4. The molecule has 4 heterocycles. The van der Waals surface area contributed by atoms with Crippen molar-refractivity contribution in [3.8, 4) is 10.6 Å². The highest BCUT2D eigenvalue weighted by atomic mass is 32.1. The highest BCUT2D eigenvalue weighted by Crippen LogP contribution is 2.36. The predicted molar refractivity (Wildman–Crippen MR) is 101 cm³/mol. The molecular formula is C18H22N4OS2.